The molecule has 2 aliphatic rings. The number of anilines is 1. The number of hydrogen-bond donors (Lipinski definition) is 1. The maximum atomic E-state index is 13.4. The Kier molecular flexibility index (Phi) is 7.60. The molecule has 3 aromatic rings. The van der Waals surface area contributed by atoms with Gasteiger partial charge in [-0.3, -0.25) is 19.4 Å². The first-order valence-electron chi connectivity index (χ1n) is 12.8. The highest BCUT2D eigenvalue weighted by Gasteiger charge is 2.31. The molecule has 0 atom stereocenters. The van der Waals surface area contributed by atoms with Gasteiger partial charge in [0, 0.05) is 18.7 Å². The second-order valence-corrected chi connectivity index (χ2v) is 11.6. The van der Waals surface area contributed by atoms with Crippen molar-refractivity contribution in [1.29, 1.82) is 0 Å². The van der Waals surface area contributed by atoms with Crippen molar-refractivity contribution in [2.24, 2.45) is 11.8 Å². The van der Waals surface area contributed by atoms with E-state index in [2.05, 4.69) is 41.1 Å². The second-order valence-electron chi connectivity index (χ2n) is 10.2. The van der Waals surface area contributed by atoms with E-state index in [0.717, 1.165) is 43.0 Å². The maximum absolute atomic E-state index is 13.4. The smallest absolute Gasteiger partial charge is 0.306 e. The highest BCUT2D eigenvalue weighted by molar-refractivity contribution is 7.18. The van der Waals surface area contributed by atoms with Gasteiger partial charge in [-0.15, -0.1) is 10.2 Å². The molecule has 1 aromatic heterocycles. The van der Waals surface area contributed by atoms with Gasteiger partial charge in [-0.2, -0.15) is 0 Å². The number of aromatic nitrogens is 2. The number of piperidine rings is 1. The topological polar surface area (TPSA) is 86.6 Å². The van der Waals surface area contributed by atoms with Crippen LogP contribution in [0.3, 0.4) is 0 Å². The lowest BCUT2D eigenvalue weighted by molar-refractivity contribution is -0.143. The van der Waals surface area contributed by atoms with Gasteiger partial charge in [-0.1, -0.05) is 35.1 Å². The molecule has 9 heteroatoms. The molecule has 194 valence electrons. The largest absolute Gasteiger partial charge is 0.481 e. The van der Waals surface area contributed by atoms with Crippen molar-refractivity contribution < 1.29 is 14.7 Å². The molecule has 5 rings (SSSR count). The quantitative estimate of drug-likeness (QED) is 0.388. The van der Waals surface area contributed by atoms with Crippen molar-refractivity contribution in [1.82, 2.24) is 15.1 Å². The number of hydrogen-bond acceptors (Lipinski definition) is 6. The summed E-state index contributed by atoms with van der Waals surface area (Å²) < 4.78 is 0. The molecule has 1 N–H and O–H groups in total. The minimum Gasteiger partial charge on any atom is -0.481 e. The normalized spacial score (nSPS) is 16.6. The zero-order valence-electron chi connectivity index (χ0n) is 21.1. The molecular weight excluding hydrogens is 508 g/mol. The molecule has 1 saturated carbocycles. The summed E-state index contributed by atoms with van der Waals surface area (Å²) in [5.41, 5.74) is 5.09. The van der Waals surface area contributed by atoms with Crippen molar-refractivity contribution >= 4 is 39.9 Å². The van der Waals surface area contributed by atoms with Crippen LogP contribution in [0.25, 0.3) is 10.6 Å². The van der Waals surface area contributed by atoms with Crippen LogP contribution in [-0.4, -0.2) is 51.7 Å². The fourth-order valence-corrected chi connectivity index (χ4v) is 6.01. The minimum absolute atomic E-state index is 0.144. The summed E-state index contributed by atoms with van der Waals surface area (Å²) in [6.45, 7) is 7.25. The van der Waals surface area contributed by atoms with Crippen LogP contribution >= 0.6 is 22.9 Å². The van der Waals surface area contributed by atoms with Gasteiger partial charge in [0.05, 0.1) is 16.5 Å². The number of amides is 1. The predicted octanol–water partition coefficient (Wildman–Crippen LogP) is 5.83. The van der Waals surface area contributed by atoms with E-state index in [-0.39, 0.29) is 11.8 Å². The number of aliphatic carboxylic acids is 1. The van der Waals surface area contributed by atoms with Crippen LogP contribution in [0.15, 0.2) is 36.4 Å². The Balaban J connectivity index is 1.35. The first-order valence-corrected chi connectivity index (χ1v) is 13.9. The molecule has 1 saturated heterocycles. The number of carbonyl (C=O) groups excluding carboxylic acids is 1. The van der Waals surface area contributed by atoms with Crippen LogP contribution in [0.1, 0.15) is 52.7 Å². The Morgan fingerprint density at radius 3 is 2.38 bits per heavy atom. The number of halogens is 1. The van der Waals surface area contributed by atoms with Gasteiger partial charge in [0.1, 0.15) is 5.01 Å². The molecule has 1 aliphatic carbocycles. The Labute approximate surface area is 226 Å². The van der Waals surface area contributed by atoms with Crippen molar-refractivity contribution in [2.75, 3.05) is 24.5 Å². The van der Waals surface area contributed by atoms with Crippen molar-refractivity contribution in [2.45, 2.75) is 46.1 Å². The van der Waals surface area contributed by atoms with Crippen LogP contribution in [0.5, 0.6) is 0 Å². The summed E-state index contributed by atoms with van der Waals surface area (Å²) in [4.78, 5) is 28.8. The molecule has 1 amide bonds. The van der Waals surface area contributed by atoms with E-state index in [1.165, 1.54) is 28.0 Å². The van der Waals surface area contributed by atoms with Crippen molar-refractivity contribution in [3.05, 3.63) is 63.7 Å². The first kappa shape index (κ1) is 25.8. The summed E-state index contributed by atoms with van der Waals surface area (Å²) in [5, 5.41) is 20.0. The van der Waals surface area contributed by atoms with Crippen LogP contribution in [0.4, 0.5) is 5.13 Å². The number of likely N-dealkylation sites (tertiary alicyclic amines) is 1. The molecule has 2 aromatic carbocycles. The van der Waals surface area contributed by atoms with Crippen molar-refractivity contribution in [3.63, 3.8) is 0 Å². The number of carboxylic acid groups (broad SMARTS) is 1. The van der Waals surface area contributed by atoms with E-state index in [4.69, 9.17) is 11.6 Å². The third-order valence-corrected chi connectivity index (χ3v) is 8.72. The molecule has 7 nitrogen and oxygen atoms in total. The molecule has 1 aliphatic heterocycles. The average molecular weight is 539 g/mol. The lowest BCUT2D eigenvalue weighted by atomic mass is 9.95. The number of aryl methyl sites for hydroxylation is 2. The SMILES string of the molecule is Cc1cc(-c2nnc(N(CC3CC3)C(=O)c3ccccc3Cl)s2)cc(C)c1CN1CCC(C(=O)O)CC1. The molecule has 0 bridgehead atoms. The van der Waals surface area contributed by atoms with Gasteiger partial charge >= 0.3 is 5.97 Å². The number of benzene rings is 2. The Hall–Kier alpha value is -2.81. The minimum atomic E-state index is -0.683. The Morgan fingerprint density at radius 2 is 1.76 bits per heavy atom. The number of nitrogens with zero attached hydrogens (tertiary/aromatic N) is 4. The van der Waals surface area contributed by atoms with E-state index in [1.807, 2.05) is 12.1 Å². The summed E-state index contributed by atoms with van der Waals surface area (Å²) in [5.74, 6) is -0.563. The van der Waals surface area contributed by atoms with Gasteiger partial charge in [0.2, 0.25) is 5.13 Å². The van der Waals surface area contributed by atoms with Gasteiger partial charge in [0.15, 0.2) is 0 Å². The monoisotopic (exact) mass is 538 g/mol. The zero-order chi connectivity index (χ0) is 26.1. The third kappa shape index (κ3) is 5.87. The third-order valence-electron chi connectivity index (χ3n) is 7.39. The zero-order valence-corrected chi connectivity index (χ0v) is 22.7. The molecule has 2 heterocycles. The summed E-state index contributed by atoms with van der Waals surface area (Å²) in [6, 6.07) is 11.4. The highest BCUT2D eigenvalue weighted by Crippen LogP contribution is 2.36. The van der Waals surface area contributed by atoms with E-state index < -0.39 is 5.97 Å². The van der Waals surface area contributed by atoms with Gasteiger partial charge in [0.25, 0.3) is 5.91 Å². The van der Waals surface area contributed by atoms with Crippen LogP contribution < -0.4 is 4.90 Å². The van der Waals surface area contributed by atoms with E-state index in [1.54, 1.807) is 17.0 Å². The second kappa shape index (κ2) is 10.9. The molecule has 0 radical (unpaired) electrons. The molecule has 37 heavy (non-hydrogen) atoms. The molecule has 2 fully saturated rings. The summed E-state index contributed by atoms with van der Waals surface area (Å²) >= 11 is 7.76. The van der Waals surface area contributed by atoms with Crippen LogP contribution in [-0.2, 0) is 11.3 Å². The lowest BCUT2D eigenvalue weighted by Gasteiger charge is -2.31. The van der Waals surface area contributed by atoms with Crippen LogP contribution in [0, 0.1) is 25.7 Å². The maximum Gasteiger partial charge on any atom is 0.306 e. The first-order chi connectivity index (χ1) is 17.8. The number of carbonyl (C=O) groups is 2. The van der Waals surface area contributed by atoms with E-state index in [0.29, 0.717) is 41.0 Å². The highest BCUT2D eigenvalue weighted by atomic mass is 35.5. The number of carboxylic acids is 1. The molecule has 0 spiro atoms. The molecule has 0 unspecified atom stereocenters. The standard InChI is InChI=1S/C28H31ClN4O3S/c1-17-13-21(14-18(2)23(17)16-32-11-9-20(10-12-32)27(35)36)25-30-31-28(37-25)33(15-19-7-8-19)26(34)22-5-3-4-6-24(22)29/h3-6,13-14,19-20H,7-12,15-16H2,1-2H3,(H,35,36). The fourth-order valence-electron chi connectivity index (χ4n) is 4.96. The Morgan fingerprint density at radius 1 is 1.08 bits per heavy atom. The Bertz CT molecular complexity index is 1290. The van der Waals surface area contributed by atoms with Gasteiger partial charge in [-0.25, -0.2) is 0 Å². The summed E-state index contributed by atoms with van der Waals surface area (Å²) in [6.07, 6.45) is 3.63. The van der Waals surface area contributed by atoms with Gasteiger partial charge < -0.3 is 5.11 Å². The average Bonchev–Trinajstić information content (AvgIpc) is 3.58. The molecular formula is C28H31ClN4O3S. The van der Waals surface area contributed by atoms with Crippen molar-refractivity contribution in [3.8, 4) is 10.6 Å². The fraction of sp³-hybridized carbons (Fsp3) is 0.429. The summed E-state index contributed by atoms with van der Waals surface area (Å²) in [7, 11) is 0. The van der Waals surface area contributed by atoms with E-state index in [9.17, 15) is 14.7 Å². The number of rotatable bonds is 8. The predicted molar refractivity (Wildman–Crippen MR) is 146 cm³/mol. The van der Waals surface area contributed by atoms with Crippen LogP contribution in [0.2, 0.25) is 5.02 Å². The van der Waals surface area contributed by atoms with Gasteiger partial charge in [-0.05, 0) is 99.5 Å². The van der Waals surface area contributed by atoms with E-state index >= 15 is 0 Å². The lowest BCUT2D eigenvalue weighted by Crippen LogP contribution is -2.36.